The first-order valence-corrected chi connectivity index (χ1v) is 4.09. The van der Waals surface area contributed by atoms with Crippen molar-refractivity contribution < 1.29 is 14.6 Å². The Balaban J connectivity index is 2.24. The summed E-state index contributed by atoms with van der Waals surface area (Å²) in [6, 6.07) is 2.59. The molecule has 0 fully saturated rings. The fourth-order valence-corrected chi connectivity index (χ4v) is 1.33. The molecular formula is C9H8N2O3. The molecule has 2 heterocycles. The second-order valence-corrected chi connectivity index (χ2v) is 2.87. The maximum Gasteiger partial charge on any atom is 0.332 e. The minimum atomic E-state index is -0.986. The van der Waals surface area contributed by atoms with Crippen LogP contribution in [0, 0.1) is 0 Å². The monoisotopic (exact) mass is 192 g/mol. The Morgan fingerprint density at radius 1 is 1.43 bits per heavy atom. The predicted molar refractivity (Wildman–Crippen MR) is 48.0 cm³/mol. The van der Waals surface area contributed by atoms with Crippen LogP contribution in [0.1, 0.15) is 11.7 Å². The van der Waals surface area contributed by atoms with Crippen LogP contribution in [0.15, 0.2) is 29.5 Å². The molecule has 14 heavy (non-hydrogen) atoms. The highest BCUT2D eigenvalue weighted by atomic mass is 16.5. The van der Waals surface area contributed by atoms with Crippen molar-refractivity contribution in [2.24, 2.45) is 4.99 Å². The van der Waals surface area contributed by atoms with Crippen molar-refractivity contribution in [1.29, 1.82) is 0 Å². The molecule has 5 heteroatoms. The van der Waals surface area contributed by atoms with E-state index in [1.165, 1.54) is 6.40 Å². The summed E-state index contributed by atoms with van der Waals surface area (Å²) in [4.78, 5) is 18.3. The van der Waals surface area contributed by atoms with Gasteiger partial charge in [0.25, 0.3) is 0 Å². The van der Waals surface area contributed by atoms with Gasteiger partial charge in [0, 0.05) is 12.4 Å². The Labute approximate surface area is 80.1 Å². The van der Waals surface area contributed by atoms with Crippen molar-refractivity contribution in [3.63, 3.8) is 0 Å². The lowest BCUT2D eigenvalue weighted by Crippen LogP contribution is -2.23. The number of hydrogen-bond acceptors (Lipinski definition) is 4. The summed E-state index contributed by atoms with van der Waals surface area (Å²) in [7, 11) is 0. The van der Waals surface area contributed by atoms with E-state index < -0.39 is 18.1 Å². The van der Waals surface area contributed by atoms with Crippen molar-refractivity contribution in [1.82, 2.24) is 4.98 Å². The molecule has 0 radical (unpaired) electrons. The van der Waals surface area contributed by atoms with E-state index in [0.717, 1.165) is 5.56 Å². The van der Waals surface area contributed by atoms with Crippen LogP contribution in [-0.4, -0.2) is 28.5 Å². The van der Waals surface area contributed by atoms with Gasteiger partial charge in [-0.15, -0.1) is 0 Å². The highest BCUT2D eigenvalue weighted by molar-refractivity contribution is 5.78. The third-order valence-electron chi connectivity index (χ3n) is 2.00. The molecule has 72 valence electrons. The van der Waals surface area contributed by atoms with Crippen molar-refractivity contribution in [3.8, 4) is 0 Å². The molecule has 0 unspecified atom stereocenters. The van der Waals surface area contributed by atoms with Crippen LogP contribution in [0.25, 0.3) is 0 Å². The molecule has 0 aliphatic carbocycles. The number of hydrogen-bond donors (Lipinski definition) is 1. The van der Waals surface area contributed by atoms with E-state index in [2.05, 4.69) is 9.98 Å². The van der Waals surface area contributed by atoms with E-state index in [0.29, 0.717) is 0 Å². The van der Waals surface area contributed by atoms with Gasteiger partial charge in [0.15, 0.2) is 18.5 Å². The number of aliphatic carboxylic acids is 1. The van der Waals surface area contributed by atoms with Gasteiger partial charge in [-0.05, 0) is 17.7 Å². The summed E-state index contributed by atoms with van der Waals surface area (Å²) < 4.78 is 5.11. The number of carbonyl (C=O) groups is 1. The highest BCUT2D eigenvalue weighted by Gasteiger charge is 2.33. The number of aliphatic imine (C=N–C) groups is 1. The summed E-state index contributed by atoms with van der Waals surface area (Å²) in [6.07, 6.45) is 3.84. The Kier molecular flexibility index (Phi) is 2.14. The van der Waals surface area contributed by atoms with E-state index in [-0.39, 0.29) is 0 Å². The van der Waals surface area contributed by atoms with Gasteiger partial charge in [0.05, 0.1) is 0 Å². The van der Waals surface area contributed by atoms with Gasteiger partial charge in [-0.3, -0.25) is 4.98 Å². The van der Waals surface area contributed by atoms with Crippen molar-refractivity contribution in [2.45, 2.75) is 12.1 Å². The zero-order valence-electron chi connectivity index (χ0n) is 7.20. The smallest absolute Gasteiger partial charge is 0.332 e. The number of aromatic nitrogens is 1. The summed E-state index contributed by atoms with van der Waals surface area (Å²) in [5, 5.41) is 8.84. The van der Waals surface area contributed by atoms with Crippen molar-refractivity contribution in [2.75, 3.05) is 0 Å². The molecule has 1 N–H and O–H groups in total. The van der Waals surface area contributed by atoms with Crippen LogP contribution in [0.2, 0.25) is 0 Å². The Bertz CT molecular complexity index is 364. The molecule has 1 aromatic heterocycles. The van der Waals surface area contributed by atoms with Gasteiger partial charge in [-0.2, -0.15) is 0 Å². The molecule has 1 aliphatic heterocycles. The third-order valence-corrected chi connectivity index (χ3v) is 2.00. The standard InChI is InChI=1S/C9H8N2O3/c12-9(13)7-8(14-5-11-7)6-1-3-10-4-2-6/h1-5,7-8H,(H,12,13)/t7-,8+/m1/s1. The number of pyridine rings is 1. The minimum absolute atomic E-state index is 0.532. The summed E-state index contributed by atoms with van der Waals surface area (Å²) in [5.74, 6) is -0.986. The third kappa shape index (κ3) is 1.44. The second kappa shape index (κ2) is 3.45. The van der Waals surface area contributed by atoms with Crippen molar-refractivity contribution >= 4 is 12.4 Å². The molecule has 0 amide bonds. The molecule has 1 aromatic rings. The quantitative estimate of drug-likeness (QED) is 0.746. The topological polar surface area (TPSA) is 71.8 Å². The van der Waals surface area contributed by atoms with E-state index in [9.17, 15) is 4.79 Å². The molecule has 0 spiro atoms. The normalized spacial score (nSPS) is 24.6. The van der Waals surface area contributed by atoms with Crippen LogP contribution < -0.4 is 0 Å². The van der Waals surface area contributed by atoms with E-state index >= 15 is 0 Å². The average molecular weight is 192 g/mol. The van der Waals surface area contributed by atoms with Crippen LogP contribution in [0.5, 0.6) is 0 Å². The maximum absolute atomic E-state index is 10.8. The molecule has 0 saturated heterocycles. The number of carboxylic acid groups (broad SMARTS) is 1. The number of rotatable bonds is 2. The van der Waals surface area contributed by atoms with Crippen LogP contribution >= 0.6 is 0 Å². The van der Waals surface area contributed by atoms with Gasteiger partial charge in [0.1, 0.15) is 0 Å². The van der Waals surface area contributed by atoms with Crippen LogP contribution in [0.4, 0.5) is 0 Å². The largest absolute Gasteiger partial charge is 0.480 e. The Morgan fingerprint density at radius 2 is 2.14 bits per heavy atom. The number of ether oxygens (including phenoxy) is 1. The highest BCUT2D eigenvalue weighted by Crippen LogP contribution is 2.26. The lowest BCUT2D eigenvalue weighted by molar-refractivity contribution is -0.140. The van der Waals surface area contributed by atoms with E-state index in [4.69, 9.17) is 9.84 Å². The van der Waals surface area contributed by atoms with E-state index in [1.807, 2.05) is 0 Å². The summed E-state index contributed by atoms with van der Waals surface area (Å²) in [5.41, 5.74) is 0.768. The van der Waals surface area contributed by atoms with Gasteiger partial charge >= 0.3 is 5.97 Å². The second-order valence-electron chi connectivity index (χ2n) is 2.87. The summed E-state index contributed by atoms with van der Waals surface area (Å²) in [6.45, 7) is 0. The molecule has 0 aromatic carbocycles. The fraction of sp³-hybridized carbons (Fsp3) is 0.222. The maximum atomic E-state index is 10.8. The predicted octanol–water partition coefficient (Wildman–Crippen LogP) is 0.634. The summed E-state index contributed by atoms with van der Waals surface area (Å²) >= 11 is 0. The van der Waals surface area contributed by atoms with Gasteiger partial charge < -0.3 is 9.84 Å². The lowest BCUT2D eigenvalue weighted by atomic mass is 10.0. The molecule has 0 bridgehead atoms. The molecule has 5 nitrogen and oxygen atoms in total. The lowest BCUT2D eigenvalue weighted by Gasteiger charge is -2.13. The molecule has 0 saturated carbocycles. The molecule has 2 atom stereocenters. The van der Waals surface area contributed by atoms with Crippen LogP contribution in [0.3, 0.4) is 0 Å². The molecular weight excluding hydrogens is 184 g/mol. The minimum Gasteiger partial charge on any atom is -0.480 e. The van der Waals surface area contributed by atoms with Gasteiger partial charge in [-0.25, -0.2) is 9.79 Å². The first-order chi connectivity index (χ1) is 6.79. The van der Waals surface area contributed by atoms with E-state index in [1.54, 1.807) is 24.5 Å². The Morgan fingerprint density at radius 3 is 2.79 bits per heavy atom. The zero-order chi connectivity index (χ0) is 9.97. The first kappa shape index (κ1) is 8.68. The number of nitrogens with zero attached hydrogens (tertiary/aromatic N) is 2. The molecule has 2 rings (SSSR count). The zero-order valence-corrected chi connectivity index (χ0v) is 7.20. The fourth-order valence-electron chi connectivity index (χ4n) is 1.33. The molecule has 1 aliphatic rings. The van der Waals surface area contributed by atoms with Gasteiger partial charge in [0.2, 0.25) is 0 Å². The average Bonchev–Trinajstić information content (AvgIpc) is 2.67. The first-order valence-electron chi connectivity index (χ1n) is 4.09. The SMILES string of the molecule is O=C(O)[C@@H]1N=CO[C@H]1c1ccncc1. The van der Waals surface area contributed by atoms with Crippen LogP contribution in [-0.2, 0) is 9.53 Å². The number of carboxylic acids is 1. The Hall–Kier alpha value is -1.91. The van der Waals surface area contributed by atoms with Crippen molar-refractivity contribution in [3.05, 3.63) is 30.1 Å². The van der Waals surface area contributed by atoms with Gasteiger partial charge in [-0.1, -0.05) is 0 Å².